The first-order valence-corrected chi connectivity index (χ1v) is 32.6. The van der Waals surface area contributed by atoms with Gasteiger partial charge in [-0.15, -0.1) is 0 Å². The van der Waals surface area contributed by atoms with Crippen molar-refractivity contribution in [3.05, 3.63) is 85.1 Å². The molecule has 0 bridgehead atoms. The predicted molar refractivity (Wildman–Crippen MR) is 330 cm³/mol. The van der Waals surface area contributed by atoms with Crippen LogP contribution < -0.4 is 0 Å². The second kappa shape index (κ2) is 64.1. The molecule has 0 aromatic heterocycles. The van der Waals surface area contributed by atoms with Gasteiger partial charge in [-0.1, -0.05) is 273 Å². The maximum atomic E-state index is 12.9. The molecule has 1 atom stereocenters. The second-order valence-corrected chi connectivity index (χ2v) is 21.6. The molecule has 0 aliphatic heterocycles. The summed E-state index contributed by atoms with van der Waals surface area (Å²) in [5, 5.41) is 0. The summed E-state index contributed by atoms with van der Waals surface area (Å²) in [6.45, 7) is 6.52. The lowest BCUT2D eigenvalue weighted by molar-refractivity contribution is -0.167. The molecule has 0 saturated heterocycles. The standard InChI is InChI=1S/C70H122O6/c1-4-7-10-13-16-19-22-25-28-31-33-34-35-36-38-39-42-45-48-51-54-57-60-63-69(72)75-66-67(65-74-68(71)62-59-56-53-50-47-44-41-30-27-24-21-18-15-12-9-6-3)76-70(73)64-61-58-55-52-49-46-43-40-37-32-29-26-23-20-17-14-11-8-5-2/h8,11,17,20,26,29-31,33,37,40-41,46,49,67H,4-7,9-10,12-16,18-19,21-25,27-28,32,34-36,38-39,42-45,47-48,50-66H2,1-3H3/b11-8-,20-17-,29-26-,33-31-,40-37-,41-30-,49-46-. The average Bonchev–Trinajstić information content (AvgIpc) is 3.42. The Labute approximate surface area is 471 Å². The first-order valence-electron chi connectivity index (χ1n) is 32.6. The summed E-state index contributed by atoms with van der Waals surface area (Å²) in [5.74, 6) is -0.921. The topological polar surface area (TPSA) is 78.9 Å². The monoisotopic (exact) mass is 1060 g/mol. The minimum Gasteiger partial charge on any atom is -0.462 e. The third kappa shape index (κ3) is 61.4. The van der Waals surface area contributed by atoms with Gasteiger partial charge in [0.05, 0.1) is 0 Å². The molecule has 76 heavy (non-hydrogen) atoms. The molecule has 0 N–H and O–H groups in total. The maximum Gasteiger partial charge on any atom is 0.306 e. The molecule has 1 unspecified atom stereocenters. The van der Waals surface area contributed by atoms with Crippen LogP contribution >= 0.6 is 0 Å². The zero-order valence-corrected chi connectivity index (χ0v) is 50.3. The van der Waals surface area contributed by atoms with Crippen LogP contribution in [0.5, 0.6) is 0 Å². The summed E-state index contributed by atoms with van der Waals surface area (Å²) >= 11 is 0. The molecule has 0 amide bonds. The highest BCUT2D eigenvalue weighted by atomic mass is 16.6. The highest BCUT2D eigenvalue weighted by Gasteiger charge is 2.19. The maximum absolute atomic E-state index is 12.9. The van der Waals surface area contributed by atoms with E-state index in [0.717, 1.165) is 103 Å². The van der Waals surface area contributed by atoms with E-state index >= 15 is 0 Å². The summed E-state index contributed by atoms with van der Waals surface area (Å²) in [7, 11) is 0. The molecule has 0 heterocycles. The minimum absolute atomic E-state index is 0.0918. The number of esters is 3. The van der Waals surface area contributed by atoms with Crippen LogP contribution in [0.2, 0.25) is 0 Å². The second-order valence-electron chi connectivity index (χ2n) is 21.6. The normalized spacial score (nSPS) is 12.6. The summed E-state index contributed by atoms with van der Waals surface area (Å²) in [6.07, 6.45) is 84.5. The molecule has 438 valence electrons. The van der Waals surface area contributed by atoms with E-state index in [9.17, 15) is 14.4 Å². The van der Waals surface area contributed by atoms with Crippen molar-refractivity contribution in [2.75, 3.05) is 13.2 Å². The number of carbonyl (C=O) groups excluding carboxylic acids is 3. The van der Waals surface area contributed by atoms with Crippen LogP contribution in [0.15, 0.2) is 85.1 Å². The van der Waals surface area contributed by atoms with Gasteiger partial charge in [0, 0.05) is 19.3 Å². The third-order valence-corrected chi connectivity index (χ3v) is 14.1. The molecule has 0 radical (unpaired) electrons. The quantitative estimate of drug-likeness (QED) is 0.0261. The van der Waals surface area contributed by atoms with Gasteiger partial charge < -0.3 is 14.2 Å². The highest BCUT2D eigenvalue weighted by molar-refractivity contribution is 5.71. The zero-order chi connectivity index (χ0) is 55.0. The van der Waals surface area contributed by atoms with Gasteiger partial charge in [-0.2, -0.15) is 0 Å². The van der Waals surface area contributed by atoms with Crippen molar-refractivity contribution in [2.45, 2.75) is 329 Å². The molecule has 0 rings (SSSR count). The summed E-state index contributed by atoms with van der Waals surface area (Å²) < 4.78 is 16.9. The Morgan fingerprint density at radius 2 is 0.513 bits per heavy atom. The first-order chi connectivity index (χ1) is 37.5. The van der Waals surface area contributed by atoms with Crippen LogP contribution in [0, 0.1) is 0 Å². The minimum atomic E-state index is -0.799. The van der Waals surface area contributed by atoms with Crippen LogP contribution in [0.1, 0.15) is 323 Å². The summed E-state index contributed by atoms with van der Waals surface area (Å²) in [4.78, 5) is 38.3. The number of rotatable bonds is 59. The van der Waals surface area contributed by atoms with E-state index in [0.29, 0.717) is 12.8 Å². The first kappa shape index (κ1) is 72.6. The molecule has 6 nitrogen and oxygen atoms in total. The van der Waals surface area contributed by atoms with Gasteiger partial charge in [0.2, 0.25) is 0 Å². The molecular weight excluding hydrogens is 937 g/mol. The number of ether oxygens (including phenoxy) is 3. The predicted octanol–water partition coefficient (Wildman–Crippen LogP) is 22.3. The van der Waals surface area contributed by atoms with Crippen LogP contribution in [0.3, 0.4) is 0 Å². The van der Waals surface area contributed by atoms with Crippen molar-refractivity contribution in [2.24, 2.45) is 0 Å². The van der Waals surface area contributed by atoms with Crippen LogP contribution in [-0.4, -0.2) is 37.2 Å². The van der Waals surface area contributed by atoms with Gasteiger partial charge in [-0.05, 0) is 116 Å². The van der Waals surface area contributed by atoms with E-state index in [4.69, 9.17) is 14.2 Å². The highest BCUT2D eigenvalue weighted by Crippen LogP contribution is 2.16. The van der Waals surface area contributed by atoms with Crippen molar-refractivity contribution in [1.82, 2.24) is 0 Å². The molecule has 0 fully saturated rings. The fraction of sp³-hybridized carbons (Fsp3) is 0.757. The Morgan fingerprint density at radius 3 is 0.829 bits per heavy atom. The van der Waals surface area contributed by atoms with E-state index in [1.165, 1.54) is 180 Å². The number of unbranched alkanes of at least 4 members (excludes halogenated alkanes) is 34. The Morgan fingerprint density at radius 1 is 0.276 bits per heavy atom. The van der Waals surface area contributed by atoms with Gasteiger partial charge in [-0.25, -0.2) is 0 Å². The van der Waals surface area contributed by atoms with E-state index in [1.54, 1.807) is 0 Å². The van der Waals surface area contributed by atoms with E-state index < -0.39 is 6.10 Å². The van der Waals surface area contributed by atoms with Crippen molar-refractivity contribution in [3.63, 3.8) is 0 Å². The number of hydrogen-bond donors (Lipinski definition) is 0. The lowest BCUT2D eigenvalue weighted by Crippen LogP contribution is -2.30. The molecule has 0 spiro atoms. The lowest BCUT2D eigenvalue weighted by Gasteiger charge is -2.18. The van der Waals surface area contributed by atoms with Gasteiger partial charge in [0.25, 0.3) is 0 Å². The van der Waals surface area contributed by atoms with E-state index in [2.05, 4.69) is 106 Å². The summed E-state index contributed by atoms with van der Waals surface area (Å²) in [5.41, 5.74) is 0. The number of carbonyl (C=O) groups is 3. The number of allylic oxidation sites excluding steroid dienone is 14. The third-order valence-electron chi connectivity index (χ3n) is 14.1. The number of hydrogen-bond acceptors (Lipinski definition) is 6. The van der Waals surface area contributed by atoms with Gasteiger partial charge >= 0.3 is 17.9 Å². The van der Waals surface area contributed by atoms with E-state index in [1.807, 2.05) is 0 Å². The van der Waals surface area contributed by atoms with Crippen molar-refractivity contribution >= 4 is 17.9 Å². The molecule has 0 aromatic rings. The lowest BCUT2D eigenvalue weighted by atomic mass is 10.0. The van der Waals surface area contributed by atoms with Crippen LogP contribution in [-0.2, 0) is 28.6 Å². The fourth-order valence-electron chi connectivity index (χ4n) is 9.23. The van der Waals surface area contributed by atoms with Crippen molar-refractivity contribution < 1.29 is 28.6 Å². The van der Waals surface area contributed by atoms with Crippen LogP contribution in [0.25, 0.3) is 0 Å². The van der Waals surface area contributed by atoms with Gasteiger partial charge in [0.1, 0.15) is 13.2 Å². The van der Waals surface area contributed by atoms with Gasteiger partial charge in [-0.3, -0.25) is 14.4 Å². The Balaban J connectivity index is 4.40. The average molecular weight is 1060 g/mol. The molecule has 6 heteroatoms. The molecule has 0 aromatic carbocycles. The molecule has 0 aliphatic carbocycles. The van der Waals surface area contributed by atoms with Crippen LogP contribution in [0.4, 0.5) is 0 Å². The molecule has 0 saturated carbocycles. The van der Waals surface area contributed by atoms with Gasteiger partial charge in [0.15, 0.2) is 6.10 Å². The molecule has 0 aliphatic rings. The Kier molecular flexibility index (Phi) is 61.2. The van der Waals surface area contributed by atoms with Crippen molar-refractivity contribution in [1.29, 1.82) is 0 Å². The van der Waals surface area contributed by atoms with Crippen molar-refractivity contribution in [3.8, 4) is 0 Å². The SMILES string of the molecule is CC/C=C\C/C=C\C/C=C\C/C=C\C/C=C\CCCCCC(=O)OC(COC(=O)CCCCCCC/C=C\CCCCCCCCC)COC(=O)CCCCCCCCCCCCC/C=C\CCCCCCCCCC. The Bertz CT molecular complexity index is 1450. The smallest absolute Gasteiger partial charge is 0.306 e. The molecular formula is C70H122O6. The summed E-state index contributed by atoms with van der Waals surface area (Å²) in [6, 6.07) is 0. The van der Waals surface area contributed by atoms with E-state index in [-0.39, 0.29) is 37.5 Å². The fourth-order valence-corrected chi connectivity index (χ4v) is 9.23. The zero-order valence-electron chi connectivity index (χ0n) is 50.3. The largest absolute Gasteiger partial charge is 0.462 e. The Hall–Kier alpha value is -3.41.